The van der Waals surface area contributed by atoms with Crippen molar-refractivity contribution in [3.63, 3.8) is 0 Å². The SMILES string of the molecule is CCOC(=O)C(CC(=O)O)S(=O)(=O)O.[NaH].[NaH].[NaH]. The summed E-state index contributed by atoms with van der Waals surface area (Å²) >= 11 is 0. The molecule has 11 heteroatoms. The van der Waals surface area contributed by atoms with Crippen LogP contribution >= 0.6 is 0 Å². The molecule has 2 N–H and O–H groups in total. The van der Waals surface area contributed by atoms with E-state index in [1.807, 2.05) is 0 Å². The first-order chi connectivity index (χ1) is 6.29. The molecule has 0 saturated heterocycles. The minimum absolute atomic E-state index is 0. The molecule has 0 saturated carbocycles. The fraction of sp³-hybridized carbons (Fsp3) is 0.667. The quantitative estimate of drug-likeness (QED) is 0.323. The van der Waals surface area contributed by atoms with Crippen LogP contribution in [0.1, 0.15) is 13.3 Å². The summed E-state index contributed by atoms with van der Waals surface area (Å²) in [7, 11) is -4.74. The van der Waals surface area contributed by atoms with Crippen molar-refractivity contribution in [2.75, 3.05) is 6.61 Å². The molecule has 1 atom stereocenters. The van der Waals surface area contributed by atoms with Gasteiger partial charge in [-0.3, -0.25) is 14.1 Å². The number of hydrogen-bond donors (Lipinski definition) is 2. The topological polar surface area (TPSA) is 118 Å². The van der Waals surface area contributed by atoms with E-state index in [-0.39, 0.29) is 95.3 Å². The van der Waals surface area contributed by atoms with Crippen molar-refractivity contribution in [3.8, 4) is 0 Å². The molecular weight excluding hydrogens is 285 g/mol. The predicted octanol–water partition coefficient (Wildman–Crippen LogP) is -2.66. The predicted molar refractivity (Wildman–Crippen MR) is 65.7 cm³/mol. The van der Waals surface area contributed by atoms with Gasteiger partial charge in [0.15, 0.2) is 5.25 Å². The first kappa shape index (κ1) is 27.2. The number of hydrogen-bond acceptors (Lipinski definition) is 5. The van der Waals surface area contributed by atoms with E-state index in [0.717, 1.165) is 0 Å². The Bertz CT molecular complexity index is 329. The van der Waals surface area contributed by atoms with Crippen LogP contribution in [0.15, 0.2) is 0 Å². The van der Waals surface area contributed by atoms with Gasteiger partial charge in [0.05, 0.1) is 13.0 Å². The maximum atomic E-state index is 10.9. The third-order valence-corrected chi connectivity index (χ3v) is 2.35. The number of rotatable bonds is 5. The van der Waals surface area contributed by atoms with E-state index >= 15 is 0 Å². The van der Waals surface area contributed by atoms with Gasteiger partial charge in [-0.2, -0.15) is 8.42 Å². The maximum absolute atomic E-state index is 10.9. The molecule has 0 aromatic rings. The van der Waals surface area contributed by atoms with Gasteiger partial charge in [0, 0.05) is 0 Å². The normalized spacial score (nSPS) is 10.9. The van der Waals surface area contributed by atoms with Crippen LogP contribution in [0.2, 0.25) is 0 Å². The van der Waals surface area contributed by atoms with Gasteiger partial charge >= 0.3 is 101 Å². The van der Waals surface area contributed by atoms with Crippen LogP contribution in [-0.4, -0.2) is 131 Å². The van der Waals surface area contributed by atoms with Crippen molar-refractivity contribution in [1.29, 1.82) is 0 Å². The van der Waals surface area contributed by atoms with Crippen molar-refractivity contribution in [1.82, 2.24) is 0 Å². The van der Waals surface area contributed by atoms with Crippen molar-refractivity contribution in [2.45, 2.75) is 18.6 Å². The molecule has 0 radical (unpaired) electrons. The molecule has 0 aliphatic carbocycles. The third kappa shape index (κ3) is 12.6. The molecule has 0 aliphatic rings. The fourth-order valence-corrected chi connectivity index (χ4v) is 1.37. The number of ether oxygens (including phenoxy) is 1. The van der Waals surface area contributed by atoms with Crippen LogP contribution in [0.25, 0.3) is 0 Å². The van der Waals surface area contributed by atoms with Gasteiger partial charge in [-0.15, -0.1) is 0 Å². The molecular formula is C6H13Na3O7S. The van der Waals surface area contributed by atoms with Crippen molar-refractivity contribution in [3.05, 3.63) is 0 Å². The van der Waals surface area contributed by atoms with Crippen LogP contribution in [-0.2, 0) is 24.4 Å². The van der Waals surface area contributed by atoms with Crippen molar-refractivity contribution < 1.29 is 32.4 Å². The molecule has 0 aromatic carbocycles. The Morgan fingerprint density at radius 1 is 1.24 bits per heavy atom. The number of aliphatic carboxylic acids is 1. The standard InChI is InChI=1S/C6H10O7S.3Na.3H/c1-2-13-6(9)4(3-5(7)8)14(10,11)12;;;;;;/h4H,2-3H2,1H3,(H,7,8)(H,10,11,12);;;;;;. The van der Waals surface area contributed by atoms with Gasteiger partial charge < -0.3 is 9.84 Å². The Morgan fingerprint density at radius 3 is 1.88 bits per heavy atom. The van der Waals surface area contributed by atoms with Crippen molar-refractivity contribution >= 4 is 111 Å². The molecule has 17 heavy (non-hydrogen) atoms. The Kier molecular flexibility index (Phi) is 20.6. The fourth-order valence-electron chi connectivity index (χ4n) is 0.704. The number of carbonyl (C=O) groups excluding carboxylic acids is 1. The molecule has 1 unspecified atom stereocenters. The third-order valence-electron chi connectivity index (χ3n) is 1.27. The molecule has 0 amide bonds. The summed E-state index contributed by atoms with van der Waals surface area (Å²) < 4.78 is 34.0. The Labute approximate surface area is 166 Å². The number of esters is 1. The zero-order chi connectivity index (χ0) is 11.4. The van der Waals surface area contributed by atoms with E-state index in [1.54, 1.807) is 0 Å². The summed E-state index contributed by atoms with van der Waals surface area (Å²) in [6, 6.07) is 0. The van der Waals surface area contributed by atoms with E-state index in [4.69, 9.17) is 9.66 Å². The minimum atomic E-state index is -4.74. The summed E-state index contributed by atoms with van der Waals surface area (Å²) in [6.45, 7) is 1.34. The molecule has 0 fully saturated rings. The van der Waals surface area contributed by atoms with E-state index < -0.39 is 33.7 Å². The van der Waals surface area contributed by atoms with Crippen molar-refractivity contribution in [2.24, 2.45) is 0 Å². The van der Waals surface area contributed by atoms with Crippen LogP contribution < -0.4 is 0 Å². The summed E-state index contributed by atoms with van der Waals surface area (Å²) in [5, 5.41) is 6.23. The van der Waals surface area contributed by atoms with Gasteiger partial charge in [-0.05, 0) is 6.92 Å². The zero-order valence-electron chi connectivity index (χ0n) is 7.34. The average molecular weight is 298 g/mol. The van der Waals surface area contributed by atoms with Crippen LogP contribution in [0.3, 0.4) is 0 Å². The molecule has 0 heterocycles. The average Bonchev–Trinajstić information content (AvgIpc) is 1.98. The van der Waals surface area contributed by atoms with Crippen LogP contribution in [0.5, 0.6) is 0 Å². The molecule has 0 bridgehead atoms. The summed E-state index contributed by atoms with van der Waals surface area (Å²) in [5.41, 5.74) is 0. The second-order valence-corrected chi connectivity index (χ2v) is 3.95. The Hall–Kier alpha value is 1.85. The monoisotopic (exact) mass is 298 g/mol. The molecule has 88 valence electrons. The van der Waals surface area contributed by atoms with Gasteiger partial charge in [0.25, 0.3) is 10.1 Å². The van der Waals surface area contributed by atoms with E-state index in [1.165, 1.54) is 6.92 Å². The molecule has 7 nitrogen and oxygen atoms in total. The molecule has 0 rings (SSSR count). The van der Waals surface area contributed by atoms with Crippen LogP contribution in [0.4, 0.5) is 0 Å². The van der Waals surface area contributed by atoms with Gasteiger partial charge in [-0.1, -0.05) is 0 Å². The van der Waals surface area contributed by atoms with Gasteiger partial charge in [0.2, 0.25) is 0 Å². The molecule has 0 aromatic heterocycles. The van der Waals surface area contributed by atoms with E-state index in [0.29, 0.717) is 0 Å². The number of carboxylic acid groups (broad SMARTS) is 1. The first-order valence-corrected chi connectivity index (χ1v) is 5.14. The van der Waals surface area contributed by atoms with E-state index in [2.05, 4.69) is 4.74 Å². The molecule has 0 aliphatic heterocycles. The summed E-state index contributed by atoms with van der Waals surface area (Å²) in [5.74, 6) is -2.78. The summed E-state index contributed by atoms with van der Waals surface area (Å²) in [4.78, 5) is 21.1. The van der Waals surface area contributed by atoms with E-state index in [9.17, 15) is 18.0 Å². The van der Waals surface area contributed by atoms with Gasteiger partial charge in [0.1, 0.15) is 0 Å². The number of carbonyl (C=O) groups is 2. The zero-order valence-corrected chi connectivity index (χ0v) is 8.15. The van der Waals surface area contributed by atoms with Crippen LogP contribution in [0, 0.1) is 0 Å². The van der Waals surface area contributed by atoms with Gasteiger partial charge in [-0.25, -0.2) is 0 Å². The Morgan fingerprint density at radius 2 is 1.65 bits per heavy atom. The second-order valence-electron chi connectivity index (χ2n) is 2.35. The summed E-state index contributed by atoms with van der Waals surface area (Å²) in [6.07, 6.45) is -1.02. The second kappa shape index (κ2) is 12.9. The Balaban J connectivity index is -0.000000282. The first-order valence-electron chi connectivity index (χ1n) is 3.63. The number of carboxylic acids is 1. The molecule has 0 spiro atoms.